The van der Waals surface area contributed by atoms with E-state index >= 15 is 0 Å². The SMILES string of the molecule is CC.CC.CCC(=O)N1CCCC1. The van der Waals surface area contributed by atoms with Gasteiger partial charge in [0.2, 0.25) is 5.91 Å². The van der Waals surface area contributed by atoms with Gasteiger partial charge in [-0.05, 0) is 12.8 Å². The summed E-state index contributed by atoms with van der Waals surface area (Å²) in [5.74, 6) is 0.313. The average molecular weight is 187 g/mol. The highest BCUT2D eigenvalue weighted by atomic mass is 16.2. The van der Waals surface area contributed by atoms with Gasteiger partial charge in [-0.1, -0.05) is 34.6 Å². The maximum atomic E-state index is 10.9. The topological polar surface area (TPSA) is 20.3 Å². The van der Waals surface area contributed by atoms with E-state index in [1.165, 1.54) is 12.8 Å². The van der Waals surface area contributed by atoms with Crippen LogP contribution in [0.1, 0.15) is 53.9 Å². The van der Waals surface area contributed by atoms with Crippen LogP contribution >= 0.6 is 0 Å². The highest BCUT2D eigenvalue weighted by molar-refractivity contribution is 5.75. The number of nitrogens with zero attached hydrogens (tertiary/aromatic N) is 1. The van der Waals surface area contributed by atoms with E-state index in [0.29, 0.717) is 12.3 Å². The number of hydrogen-bond acceptors (Lipinski definition) is 1. The first-order valence-electron chi connectivity index (χ1n) is 5.62. The first-order chi connectivity index (χ1) is 6.34. The largest absolute Gasteiger partial charge is 0.343 e. The summed E-state index contributed by atoms with van der Waals surface area (Å²) in [6.07, 6.45) is 3.07. The van der Waals surface area contributed by atoms with Gasteiger partial charge in [0.15, 0.2) is 0 Å². The first-order valence-corrected chi connectivity index (χ1v) is 5.62. The Morgan fingerprint density at radius 1 is 1.08 bits per heavy atom. The fourth-order valence-electron chi connectivity index (χ4n) is 1.19. The third kappa shape index (κ3) is 6.62. The molecular formula is C11H25NO. The van der Waals surface area contributed by atoms with Crippen LogP contribution in [0.15, 0.2) is 0 Å². The third-order valence-electron chi connectivity index (χ3n) is 1.76. The van der Waals surface area contributed by atoms with Gasteiger partial charge in [0, 0.05) is 19.5 Å². The second kappa shape index (κ2) is 11.5. The second-order valence-electron chi connectivity index (χ2n) is 2.44. The quantitative estimate of drug-likeness (QED) is 0.618. The molecule has 0 aromatic rings. The molecule has 80 valence electrons. The zero-order valence-corrected chi connectivity index (χ0v) is 9.89. The van der Waals surface area contributed by atoms with Gasteiger partial charge in [0.1, 0.15) is 0 Å². The van der Waals surface area contributed by atoms with Crippen LogP contribution in [-0.2, 0) is 4.79 Å². The molecule has 2 heteroatoms. The second-order valence-corrected chi connectivity index (χ2v) is 2.44. The summed E-state index contributed by atoms with van der Waals surface area (Å²) in [6, 6.07) is 0. The van der Waals surface area contributed by atoms with Crippen molar-refractivity contribution < 1.29 is 4.79 Å². The van der Waals surface area contributed by atoms with Gasteiger partial charge in [0.25, 0.3) is 0 Å². The van der Waals surface area contributed by atoms with Gasteiger partial charge < -0.3 is 4.90 Å². The third-order valence-corrected chi connectivity index (χ3v) is 1.76. The molecule has 0 saturated carbocycles. The van der Waals surface area contributed by atoms with Crippen molar-refractivity contribution in [1.82, 2.24) is 4.90 Å². The Bertz CT molecular complexity index is 107. The molecule has 0 radical (unpaired) electrons. The molecule has 1 saturated heterocycles. The normalized spacial score (nSPS) is 13.8. The molecule has 1 heterocycles. The highest BCUT2D eigenvalue weighted by Crippen LogP contribution is 2.07. The number of carbonyl (C=O) groups is 1. The fourth-order valence-corrected chi connectivity index (χ4v) is 1.19. The molecule has 2 nitrogen and oxygen atoms in total. The number of amides is 1. The molecule has 0 spiro atoms. The summed E-state index contributed by atoms with van der Waals surface area (Å²) in [4.78, 5) is 12.9. The molecule has 1 aliphatic heterocycles. The minimum Gasteiger partial charge on any atom is -0.343 e. The van der Waals surface area contributed by atoms with Crippen molar-refractivity contribution in [2.75, 3.05) is 13.1 Å². The zero-order chi connectivity index (χ0) is 10.7. The number of likely N-dealkylation sites (tertiary alicyclic amines) is 1. The van der Waals surface area contributed by atoms with Crippen LogP contribution in [-0.4, -0.2) is 23.9 Å². The van der Waals surface area contributed by atoms with Crippen molar-refractivity contribution in [2.24, 2.45) is 0 Å². The molecule has 0 atom stereocenters. The van der Waals surface area contributed by atoms with Gasteiger partial charge in [-0.25, -0.2) is 0 Å². The van der Waals surface area contributed by atoms with Crippen molar-refractivity contribution in [1.29, 1.82) is 0 Å². The van der Waals surface area contributed by atoms with E-state index in [9.17, 15) is 4.79 Å². The van der Waals surface area contributed by atoms with Crippen molar-refractivity contribution in [3.8, 4) is 0 Å². The number of hydrogen-bond donors (Lipinski definition) is 0. The Balaban J connectivity index is 0. The molecule has 0 unspecified atom stereocenters. The maximum absolute atomic E-state index is 10.9. The van der Waals surface area contributed by atoms with Crippen LogP contribution in [0.25, 0.3) is 0 Å². The Kier molecular flexibility index (Phi) is 13.2. The van der Waals surface area contributed by atoms with E-state index in [2.05, 4.69) is 0 Å². The van der Waals surface area contributed by atoms with Crippen LogP contribution in [0.5, 0.6) is 0 Å². The van der Waals surface area contributed by atoms with E-state index < -0.39 is 0 Å². The molecule has 1 amide bonds. The molecule has 1 fully saturated rings. The molecule has 0 N–H and O–H groups in total. The van der Waals surface area contributed by atoms with E-state index in [1.54, 1.807) is 0 Å². The Labute approximate surface area is 83.3 Å². The smallest absolute Gasteiger partial charge is 0.222 e. The van der Waals surface area contributed by atoms with E-state index in [0.717, 1.165) is 13.1 Å². The monoisotopic (exact) mass is 187 g/mol. The van der Waals surface area contributed by atoms with Gasteiger partial charge in [-0.2, -0.15) is 0 Å². The standard InChI is InChI=1S/C7H13NO.2C2H6/c1-2-7(9)8-5-3-4-6-8;2*1-2/h2-6H2,1H3;2*1-2H3. The Morgan fingerprint density at radius 3 is 1.77 bits per heavy atom. The highest BCUT2D eigenvalue weighted by Gasteiger charge is 2.14. The lowest BCUT2D eigenvalue weighted by Gasteiger charge is -2.12. The van der Waals surface area contributed by atoms with Crippen LogP contribution in [0, 0.1) is 0 Å². The Hall–Kier alpha value is -0.530. The summed E-state index contributed by atoms with van der Waals surface area (Å²) < 4.78 is 0. The lowest BCUT2D eigenvalue weighted by Crippen LogP contribution is -2.26. The van der Waals surface area contributed by atoms with Crippen LogP contribution in [0.2, 0.25) is 0 Å². The van der Waals surface area contributed by atoms with Gasteiger partial charge in [-0.15, -0.1) is 0 Å². The number of carbonyl (C=O) groups excluding carboxylic acids is 1. The van der Waals surface area contributed by atoms with Crippen molar-refractivity contribution >= 4 is 5.91 Å². The summed E-state index contributed by atoms with van der Waals surface area (Å²) >= 11 is 0. The predicted octanol–water partition coefficient (Wildman–Crippen LogP) is 3.07. The fraction of sp³-hybridized carbons (Fsp3) is 0.909. The molecule has 1 rings (SSSR count). The van der Waals surface area contributed by atoms with Crippen molar-refractivity contribution in [3.63, 3.8) is 0 Å². The van der Waals surface area contributed by atoms with Gasteiger partial charge >= 0.3 is 0 Å². The molecule has 0 bridgehead atoms. The van der Waals surface area contributed by atoms with Gasteiger partial charge in [0.05, 0.1) is 0 Å². The van der Waals surface area contributed by atoms with Crippen molar-refractivity contribution in [3.05, 3.63) is 0 Å². The first kappa shape index (κ1) is 15.0. The molecule has 0 aromatic carbocycles. The number of rotatable bonds is 1. The van der Waals surface area contributed by atoms with Gasteiger partial charge in [-0.3, -0.25) is 4.79 Å². The zero-order valence-electron chi connectivity index (χ0n) is 9.89. The molecule has 13 heavy (non-hydrogen) atoms. The van der Waals surface area contributed by atoms with Crippen LogP contribution in [0.4, 0.5) is 0 Å². The Morgan fingerprint density at radius 2 is 1.46 bits per heavy atom. The average Bonchev–Trinajstić information content (AvgIpc) is 2.76. The van der Waals surface area contributed by atoms with Crippen LogP contribution < -0.4 is 0 Å². The minimum absolute atomic E-state index is 0.313. The lowest BCUT2D eigenvalue weighted by molar-refractivity contribution is -0.129. The van der Waals surface area contributed by atoms with Crippen molar-refractivity contribution in [2.45, 2.75) is 53.9 Å². The maximum Gasteiger partial charge on any atom is 0.222 e. The molecular weight excluding hydrogens is 162 g/mol. The van der Waals surface area contributed by atoms with E-state index in [1.807, 2.05) is 39.5 Å². The minimum atomic E-state index is 0.313. The summed E-state index contributed by atoms with van der Waals surface area (Å²) in [7, 11) is 0. The predicted molar refractivity (Wildman–Crippen MR) is 58.8 cm³/mol. The molecule has 0 aromatic heterocycles. The van der Waals surface area contributed by atoms with E-state index in [4.69, 9.17) is 0 Å². The summed E-state index contributed by atoms with van der Waals surface area (Å²) in [6.45, 7) is 11.9. The summed E-state index contributed by atoms with van der Waals surface area (Å²) in [5, 5.41) is 0. The van der Waals surface area contributed by atoms with Crippen LogP contribution in [0.3, 0.4) is 0 Å². The molecule has 1 aliphatic rings. The summed E-state index contributed by atoms with van der Waals surface area (Å²) in [5.41, 5.74) is 0. The lowest BCUT2D eigenvalue weighted by atomic mass is 10.4. The molecule has 0 aliphatic carbocycles. The van der Waals surface area contributed by atoms with E-state index in [-0.39, 0.29) is 0 Å².